The van der Waals surface area contributed by atoms with E-state index >= 15 is 0 Å². The summed E-state index contributed by atoms with van der Waals surface area (Å²) in [5.41, 5.74) is 1.17. The number of amides is 2. The molecule has 0 aromatic heterocycles. The highest BCUT2D eigenvalue weighted by Crippen LogP contribution is 2.18. The summed E-state index contributed by atoms with van der Waals surface area (Å²) in [7, 11) is 1.73. The molecule has 1 aromatic carbocycles. The van der Waals surface area contributed by atoms with Crippen molar-refractivity contribution < 1.29 is 14.7 Å². The minimum Gasteiger partial charge on any atom is -0.480 e. The fraction of sp³-hybridized carbons (Fsp3) is 0.500. The van der Waals surface area contributed by atoms with E-state index in [-0.39, 0.29) is 6.03 Å². The number of benzene rings is 1. The molecule has 1 saturated heterocycles. The summed E-state index contributed by atoms with van der Waals surface area (Å²) in [5, 5.41) is 9.23. The number of likely N-dealkylation sites (tertiary alicyclic amines) is 1. The van der Waals surface area contributed by atoms with Gasteiger partial charge in [-0.25, -0.2) is 9.59 Å². The normalized spacial score (nSPS) is 18.3. The number of carbonyl (C=O) groups is 2. The van der Waals surface area contributed by atoms with Crippen molar-refractivity contribution in [1.29, 1.82) is 0 Å². The van der Waals surface area contributed by atoms with E-state index in [9.17, 15) is 14.7 Å². The SMILES string of the molecule is CN(CCc1ccccc1)C(=O)N1CCCCC1C(=O)O. The number of hydrogen-bond donors (Lipinski definition) is 1. The molecule has 1 aromatic rings. The highest BCUT2D eigenvalue weighted by Gasteiger charge is 2.33. The van der Waals surface area contributed by atoms with E-state index in [4.69, 9.17) is 0 Å². The van der Waals surface area contributed by atoms with Crippen LogP contribution in [0.5, 0.6) is 0 Å². The van der Waals surface area contributed by atoms with E-state index in [2.05, 4.69) is 0 Å². The van der Waals surface area contributed by atoms with Crippen molar-refractivity contribution in [3.05, 3.63) is 35.9 Å². The monoisotopic (exact) mass is 290 g/mol. The first-order valence-electron chi connectivity index (χ1n) is 7.38. The number of urea groups is 1. The van der Waals surface area contributed by atoms with Crippen molar-refractivity contribution in [2.45, 2.75) is 31.7 Å². The number of nitrogens with zero attached hydrogens (tertiary/aromatic N) is 2. The van der Waals surface area contributed by atoms with Crippen LogP contribution in [0.2, 0.25) is 0 Å². The van der Waals surface area contributed by atoms with E-state index in [1.807, 2.05) is 30.3 Å². The fourth-order valence-corrected chi connectivity index (χ4v) is 2.67. The molecular formula is C16H22N2O3. The van der Waals surface area contributed by atoms with Gasteiger partial charge < -0.3 is 14.9 Å². The second kappa shape index (κ2) is 7.11. The van der Waals surface area contributed by atoms with Crippen LogP contribution < -0.4 is 0 Å². The Hall–Kier alpha value is -2.04. The Morgan fingerprint density at radius 2 is 2.00 bits per heavy atom. The molecule has 1 N–H and O–H groups in total. The largest absolute Gasteiger partial charge is 0.480 e. The molecular weight excluding hydrogens is 268 g/mol. The van der Waals surface area contributed by atoms with Gasteiger partial charge in [-0.1, -0.05) is 30.3 Å². The Balaban J connectivity index is 1.93. The zero-order valence-electron chi connectivity index (χ0n) is 12.4. The molecule has 5 heteroatoms. The molecule has 1 aliphatic rings. The van der Waals surface area contributed by atoms with Gasteiger partial charge in [0, 0.05) is 20.1 Å². The third-order valence-electron chi connectivity index (χ3n) is 3.94. The lowest BCUT2D eigenvalue weighted by atomic mass is 10.0. The first kappa shape index (κ1) is 15.4. The number of carbonyl (C=O) groups excluding carboxylic acids is 1. The molecule has 0 aliphatic carbocycles. The standard InChI is InChI=1S/C16H22N2O3/c1-17(12-10-13-7-3-2-4-8-13)16(21)18-11-6-5-9-14(18)15(19)20/h2-4,7-8,14H,5-6,9-12H2,1H3,(H,19,20). The molecule has 1 fully saturated rings. The van der Waals surface area contributed by atoms with E-state index in [0.717, 1.165) is 19.3 Å². The number of piperidine rings is 1. The highest BCUT2D eigenvalue weighted by molar-refractivity contribution is 5.82. The molecule has 21 heavy (non-hydrogen) atoms. The van der Waals surface area contributed by atoms with E-state index < -0.39 is 12.0 Å². The Bertz CT molecular complexity index is 490. The number of rotatable bonds is 4. The van der Waals surface area contributed by atoms with Crippen molar-refractivity contribution in [2.24, 2.45) is 0 Å². The van der Waals surface area contributed by atoms with Crippen LogP contribution in [0, 0.1) is 0 Å². The van der Waals surface area contributed by atoms with Gasteiger partial charge in [0.15, 0.2) is 0 Å². The van der Waals surface area contributed by atoms with Crippen LogP contribution in [0.15, 0.2) is 30.3 Å². The fourth-order valence-electron chi connectivity index (χ4n) is 2.67. The molecule has 5 nitrogen and oxygen atoms in total. The van der Waals surface area contributed by atoms with Crippen molar-refractivity contribution in [1.82, 2.24) is 9.80 Å². The number of carboxylic acid groups (broad SMARTS) is 1. The van der Waals surface area contributed by atoms with Crippen molar-refractivity contribution in [3.63, 3.8) is 0 Å². The van der Waals surface area contributed by atoms with Crippen LogP contribution in [0.3, 0.4) is 0 Å². The lowest BCUT2D eigenvalue weighted by molar-refractivity contribution is -0.143. The predicted octanol–water partition coefficient (Wildman–Crippen LogP) is 2.22. The zero-order chi connectivity index (χ0) is 15.2. The summed E-state index contributed by atoms with van der Waals surface area (Å²) < 4.78 is 0. The number of likely N-dealkylation sites (N-methyl/N-ethyl adjacent to an activating group) is 1. The van der Waals surface area contributed by atoms with Gasteiger partial charge >= 0.3 is 12.0 Å². The molecule has 2 amide bonds. The molecule has 1 heterocycles. The zero-order valence-corrected chi connectivity index (χ0v) is 12.4. The van der Waals surface area contributed by atoms with E-state index in [0.29, 0.717) is 19.5 Å². The summed E-state index contributed by atoms with van der Waals surface area (Å²) in [6.45, 7) is 1.12. The predicted molar refractivity (Wildman–Crippen MR) is 80.2 cm³/mol. The maximum absolute atomic E-state index is 12.4. The number of aliphatic carboxylic acids is 1. The van der Waals surface area contributed by atoms with Crippen LogP contribution >= 0.6 is 0 Å². The summed E-state index contributed by atoms with van der Waals surface area (Å²) >= 11 is 0. The second-order valence-electron chi connectivity index (χ2n) is 5.48. The van der Waals surface area contributed by atoms with Crippen molar-refractivity contribution >= 4 is 12.0 Å². The van der Waals surface area contributed by atoms with Gasteiger partial charge in [-0.3, -0.25) is 0 Å². The average molecular weight is 290 g/mol. The molecule has 0 spiro atoms. The van der Waals surface area contributed by atoms with Crippen molar-refractivity contribution in [2.75, 3.05) is 20.1 Å². The molecule has 0 bridgehead atoms. The van der Waals surface area contributed by atoms with Crippen LogP contribution in [-0.2, 0) is 11.2 Å². The van der Waals surface area contributed by atoms with Gasteiger partial charge in [-0.2, -0.15) is 0 Å². The molecule has 1 unspecified atom stereocenters. The van der Waals surface area contributed by atoms with E-state index in [1.54, 1.807) is 11.9 Å². The Morgan fingerprint density at radius 1 is 1.29 bits per heavy atom. The highest BCUT2D eigenvalue weighted by atomic mass is 16.4. The van der Waals surface area contributed by atoms with Crippen LogP contribution in [0.1, 0.15) is 24.8 Å². The van der Waals surface area contributed by atoms with Crippen LogP contribution in [0.4, 0.5) is 4.79 Å². The van der Waals surface area contributed by atoms with E-state index in [1.165, 1.54) is 10.5 Å². The lowest BCUT2D eigenvalue weighted by Gasteiger charge is -2.35. The summed E-state index contributed by atoms with van der Waals surface area (Å²) in [4.78, 5) is 26.8. The quantitative estimate of drug-likeness (QED) is 0.925. The third kappa shape index (κ3) is 3.97. The minimum atomic E-state index is -0.903. The lowest BCUT2D eigenvalue weighted by Crippen LogP contribution is -2.52. The van der Waals surface area contributed by atoms with Crippen molar-refractivity contribution in [3.8, 4) is 0 Å². The van der Waals surface area contributed by atoms with Gasteiger partial charge in [-0.05, 0) is 31.2 Å². The molecule has 114 valence electrons. The Labute approximate surface area is 125 Å². The number of hydrogen-bond acceptors (Lipinski definition) is 2. The van der Waals surface area contributed by atoms with Crippen LogP contribution in [-0.4, -0.2) is 53.1 Å². The van der Waals surface area contributed by atoms with Crippen LogP contribution in [0.25, 0.3) is 0 Å². The first-order chi connectivity index (χ1) is 10.1. The second-order valence-corrected chi connectivity index (χ2v) is 5.48. The summed E-state index contributed by atoms with van der Waals surface area (Å²) in [5.74, 6) is -0.903. The molecule has 2 rings (SSSR count). The Morgan fingerprint density at radius 3 is 2.67 bits per heavy atom. The van der Waals surface area contributed by atoms with Gasteiger partial charge in [0.2, 0.25) is 0 Å². The molecule has 1 aliphatic heterocycles. The minimum absolute atomic E-state index is 0.182. The van der Waals surface area contributed by atoms with Gasteiger partial charge in [-0.15, -0.1) is 0 Å². The Kier molecular flexibility index (Phi) is 5.20. The van der Waals surface area contributed by atoms with Gasteiger partial charge in [0.25, 0.3) is 0 Å². The number of carboxylic acids is 1. The average Bonchev–Trinajstić information content (AvgIpc) is 2.52. The molecule has 0 saturated carbocycles. The topological polar surface area (TPSA) is 60.9 Å². The smallest absolute Gasteiger partial charge is 0.326 e. The molecule has 1 atom stereocenters. The third-order valence-corrected chi connectivity index (χ3v) is 3.94. The van der Waals surface area contributed by atoms with Gasteiger partial charge in [0.1, 0.15) is 6.04 Å². The first-order valence-corrected chi connectivity index (χ1v) is 7.38. The maximum atomic E-state index is 12.4. The summed E-state index contributed by atoms with van der Waals surface area (Å²) in [6, 6.07) is 9.11. The summed E-state index contributed by atoms with van der Waals surface area (Å²) in [6.07, 6.45) is 3.07. The maximum Gasteiger partial charge on any atom is 0.326 e. The molecule has 0 radical (unpaired) electrons. The van der Waals surface area contributed by atoms with Gasteiger partial charge in [0.05, 0.1) is 0 Å².